The van der Waals surface area contributed by atoms with E-state index >= 15 is 0 Å². The Hall–Kier alpha value is -2.79. The van der Waals surface area contributed by atoms with E-state index in [1.54, 1.807) is 30.3 Å². The Morgan fingerprint density at radius 3 is 2.36 bits per heavy atom. The van der Waals surface area contributed by atoms with Gasteiger partial charge in [0, 0.05) is 17.8 Å². The Morgan fingerprint density at radius 1 is 1.03 bits per heavy atom. The SMILES string of the molecule is CCOc1ccc(C(=O)NC(=S)Nc2ccc(S(=O)(=O)NCc3ccccc3)cc2)cc1Br. The van der Waals surface area contributed by atoms with Gasteiger partial charge in [0.05, 0.1) is 16.0 Å². The van der Waals surface area contributed by atoms with Crippen LogP contribution in [0, 0.1) is 0 Å². The van der Waals surface area contributed by atoms with Crippen molar-refractivity contribution in [2.75, 3.05) is 11.9 Å². The topological polar surface area (TPSA) is 96.5 Å². The smallest absolute Gasteiger partial charge is 0.257 e. The third-order valence-corrected chi connectivity index (χ3v) is 6.69. The normalized spacial score (nSPS) is 11.0. The summed E-state index contributed by atoms with van der Waals surface area (Å²) >= 11 is 8.58. The lowest BCUT2D eigenvalue weighted by atomic mass is 10.2. The minimum atomic E-state index is -3.67. The number of nitrogens with one attached hydrogen (secondary N) is 3. The molecule has 1 amide bonds. The Bertz CT molecular complexity index is 1230. The van der Waals surface area contributed by atoms with Crippen LogP contribution in [-0.4, -0.2) is 26.0 Å². The molecular weight excluding hydrogens is 526 g/mol. The zero-order valence-electron chi connectivity index (χ0n) is 17.7. The molecule has 0 aliphatic heterocycles. The number of sulfonamides is 1. The lowest BCUT2D eigenvalue weighted by Gasteiger charge is -2.12. The number of carbonyl (C=O) groups excluding carboxylic acids is 1. The summed E-state index contributed by atoms with van der Waals surface area (Å²) in [7, 11) is -3.67. The van der Waals surface area contributed by atoms with Crippen molar-refractivity contribution in [2.24, 2.45) is 0 Å². The fourth-order valence-electron chi connectivity index (χ4n) is 2.83. The van der Waals surface area contributed by atoms with Crippen molar-refractivity contribution in [3.63, 3.8) is 0 Å². The first-order chi connectivity index (χ1) is 15.8. The first kappa shape index (κ1) is 24.8. The van der Waals surface area contributed by atoms with Crippen LogP contribution < -0.4 is 20.1 Å². The van der Waals surface area contributed by atoms with Gasteiger partial charge in [0.2, 0.25) is 10.0 Å². The molecular formula is C23H22BrN3O4S2. The van der Waals surface area contributed by atoms with Crippen LogP contribution in [0.25, 0.3) is 0 Å². The van der Waals surface area contributed by atoms with Crippen LogP contribution in [0.2, 0.25) is 0 Å². The van der Waals surface area contributed by atoms with Gasteiger partial charge in [0.25, 0.3) is 5.91 Å². The van der Waals surface area contributed by atoms with E-state index < -0.39 is 10.0 Å². The van der Waals surface area contributed by atoms with E-state index in [9.17, 15) is 13.2 Å². The second-order valence-corrected chi connectivity index (χ2v) is 9.85. The summed E-state index contributed by atoms with van der Waals surface area (Å²) < 4.78 is 33.7. The van der Waals surface area contributed by atoms with Gasteiger partial charge in [0.15, 0.2) is 5.11 Å². The molecule has 7 nitrogen and oxygen atoms in total. The molecule has 0 heterocycles. The second kappa shape index (κ2) is 11.4. The first-order valence-corrected chi connectivity index (χ1v) is 12.7. The van der Waals surface area contributed by atoms with Crippen molar-refractivity contribution in [2.45, 2.75) is 18.4 Å². The molecule has 0 saturated carbocycles. The van der Waals surface area contributed by atoms with Crippen LogP contribution in [0.5, 0.6) is 5.75 Å². The van der Waals surface area contributed by atoms with E-state index in [4.69, 9.17) is 17.0 Å². The second-order valence-electron chi connectivity index (χ2n) is 6.82. The molecule has 0 atom stereocenters. The van der Waals surface area contributed by atoms with Crippen molar-refractivity contribution >= 4 is 54.9 Å². The molecule has 3 rings (SSSR count). The maximum Gasteiger partial charge on any atom is 0.257 e. The molecule has 0 fully saturated rings. The monoisotopic (exact) mass is 547 g/mol. The zero-order valence-corrected chi connectivity index (χ0v) is 20.9. The number of rotatable bonds is 8. The van der Waals surface area contributed by atoms with Gasteiger partial charge >= 0.3 is 0 Å². The van der Waals surface area contributed by atoms with Crippen molar-refractivity contribution in [1.82, 2.24) is 10.0 Å². The predicted molar refractivity (Wildman–Crippen MR) is 136 cm³/mol. The highest BCUT2D eigenvalue weighted by atomic mass is 79.9. The lowest BCUT2D eigenvalue weighted by Crippen LogP contribution is -2.34. The van der Waals surface area contributed by atoms with E-state index in [0.717, 1.165) is 5.56 Å². The fraction of sp³-hybridized carbons (Fsp3) is 0.130. The summed E-state index contributed by atoms with van der Waals surface area (Å²) in [5, 5.41) is 5.56. The van der Waals surface area contributed by atoms with Crippen LogP contribution in [0.3, 0.4) is 0 Å². The molecule has 0 bridgehead atoms. The van der Waals surface area contributed by atoms with Crippen LogP contribution in [0.15, 0.2) is 82.2 Å². The molecule has 0 aliphatic rings. The molecule has 0 aromatic heterocycles. The third kappa shape index (κ3) is 7.10. The van der Waals surface area contributed by atoms with Gasteiger partial charge in [-0.2, -0.15) is 0 Å². The number of carbonyl (C=O) groups is 1. The summed E-state index contributed by atoms with van der Waals surface area (Å²) in [6.45, 7) is 2.59. The fourth-order valence-corrected chi connectivity index (χ4v) is 4.55. The number of benzene rings is 3. The highest BCUT2D eigenvalue weighted by molar-refractivity contribution is 9.10. The number of hydrogen-bond donors (Lipinski definition) is 3. The largest absolute Gasteiger partial charge is 0.493 e. The minimum Gasteiger partial charge on any atom is -0.493 e. The van der Waals surface area contributed by atoms with Crippen LogP contribution in [0.4, 0.5) is 5.69 Å². The molecule has 172 valence electrons. The van der Waals surface area contributed by atoms with E-state index in [2.05, 4.69) is 31.3 Å². The average molecular weight is 548 g/mol. The molecule has 0 radical (unpaired) electrons. The number of ether oxygens (including phenoxy) is 1. The molecule has 0 spiro atoms. The van der Waals surface area contributed by atoms with Gasteiger partial charge in [0.1, 0.15) is 5.75 Å². The molecule has 33 heavy (non-hydrogen) atoms. The van der Waals surface area contributed by atoms with Gasteiger partial charge in [-0.25, -0.2) is 13.1 Å². The summed E-state index contributed by atoms with van der Waals surface area (Å²) in [4.78, 5) is 12.6. The lowest BCUT2D eigenvalue weighted by molar-refractivity contribution is 0.0977. The van der Waals surface area contributed by atoms with Crippen molar-refractivity contribution in [3.05, 3.63) is 88.4 Å². The average Bonchev–Trinajstić information content (AvgIpc) is 2.80. The van der Waals surface area contributed by atoms with Gasteiger partial charge in [-0.15, -0.1) is 0 Å². The molecule has 3 N–H and O–H groups in total. The minimum absolute atomic E-state index is 0.0859. The highest BCUT2D eigenvalue weighted by Crippen LogP contribution is 2.26. The number of hydrogen-bond acceptors (Lipinski definition) is 5. The quantitative estimate of drug-likeness (QED) is 0.360. The standard InChI is InChI=1S/C23H22BrN3O4S2/c1-2-31-21-13-8-17(14-20(21)24)22(28)27-23(32)26-18-9-11-19(12-10-18)33(29,30)25-15-16-6-4-3-5-7-16/h3-14,25H,2,15H2,1H3,(H2,26,27,28,32). The van der Waals surface area contributed by atoms with Gasteiger partial charge in [-0.05, 0) is 83.1 Å². The number of thiocarbonyl (C=S) groups is 1. The van der Waals surface area contributed by atoms with Crippen LogP contribution in [-0.2, 0) is 16.6 Å². The number of halogens is 1. The van der Waals surface area contributed by atoms with Crippen LogP contribution >= 0.6 is 28.1 Å². The molecule has 3 aromatic rings. The summed E-state index contributed by atoms with van der Waals surface area (Å²) in [6.07, 6.45) is 0. The number of amides is 1. The van der Waals surface area contributed by atoms with E-state index in [1.165, 1.54) is 12.1 Å². The summed E-state index contributed by atoms with van der Waals surface area (Å²) in [5.74, 6) is 0.253. The first-order valence-electron chi connectivity index (χ1n) is 9.97. The Labute approximate surface area is 206 Å². The summed E-state index contributed by atoms with van der Waals surface area (Å²) in [5.41, 5.74) is 1.80. The van der Waals surface area contributed by atoms with Gasteiger partial charge in [-0.3, -0.25) is 10.1 Å². The molecule has 0 unspecified atom stereocenters. The van der Waals surface area contributed by atoms with Crippen LogP contribution in [0.1, 0.15) is 22.8 Å². The maximum atomic E-state index is 12.5. The van der Waals surface area contributed by atoms with Gasteiger partial charge in [-0.1, -0.05) is 30.3 Å². The maximum absolute atomic E-state index is 12.5. The number of anilines is 1. The molecule has 3 aromatic carbocycles. The van der Waals surface area contributed by atoms with E-state index in [0.29, 0.717) is 28.1 Å². The highest BCUT2D eigenvalue weighted by Gasteiger charge is 2.14. The Kier molecular flexibility index (Phi) is 8.56. The predicted octanol–water partition coefficient (Wildman–Crippen LogP) is 4.45. The van der Waals surface area contributed by atoms with Crippen molar-refractivity contribution in [3.8, 4) is 5.75 Å². The van der Waals surface area contributed by atoms with E-state index in [-0.39, 0.29) is 22.5 Å². The Balaban J connectivity index is 1.57. The van der Waals surface area contributed by atoms with E-state index in [1.807, 2.05) is 37.3 Å². The molecule has 0 saturated heterocycles. The Morgan fingerprint density at radius 2 is 1.73 bits per heavy atom. The molecule has 10 heteroatoms. The third-order valence-electron chi connectivity index (χ3n) is 4.45. The molecule has 0 aliphatic carbocycles. The summed E-state index contributed by atoms with van der Waals surface area (Å²) in [6, 6.07) is 20.3. The zero-order chi connectivity index (χ0) is 23.8. The van der Waals surface area contributed by atoms with Gasteiger partial charge < -0.3 is 10.1 Å². The van der Waals surface area contributed by atoms with Crippen molar-refractivity contribution in [1.29, 1.82) is 0 Å². The van der Waals surface area contributed by atoms with Crippen molar-refractivity contribution < 1.29 is 17.9 Å².